The topological polar surface area (TPSA) is 89.3 Å². The van der Waals surface area contributed by atoms with Crippen molar-refractivity contribution in [3.05, 3.63) is 99.2 Å². The van der Waals surface area contributed by atoms with Crippen molar-refractivity contribution in [1.29, 1.82) is 0 Å². The summed E-state index contributed by atoms with van der Waals surface area (Å²) in [6.45, 7) is 2.45. The van der Waals surface area contributed by atoms with Crippen molar-refractivity contribution in [1.82, 2.24) is 4.90 Å². The number of amides is 2. The van der Waals surface area contributed by atoms with Gasteiger partial charge in [0.05, 0.1) is 30.9 Å². The minimum Gasteiger partial charge on any atom is -0.493 e. The fourth-order valence-corrected chi connectivity index (χ4v) is 5.99. The van der Waals surface area contributed by atoms with Crippen molar-refractivity contribution in [3.63, 3.8) is 0 Å². The first-order chi connectivity index (χ1) is 19.4. The van der Waals surface area contributed by atoms with Crippen LogP contribution in [0.25, 0.3) is 11.0 Å². The number of nitrogens with zero attached hydrogens (tertiary/aromatic N) is 2. The Morgan fingerprint density at radius 1 is 0.925 bits per heavy atom. The Balaban J connectivity index is 1.57. The normalized spacial score (nSPS) is 17.6. The molecule has 204 valence electrons. The van der Waals surface area contributed by atoms with E-state index in [0.717, 1.165) is 11.6 Å². The summed E-state index contributed by atoms with van der Waals surface area (Å²) in [6.07, 6.45) is 1.02. The molecule has 2 aliphatic heterocycles. The minimum atomic E-state index is -1.74. The molecule has 0 aliphatic carbocycles. The SMILES string of the molecule is CCCN1C(=O)C2(c3ccccc31)c1c(oc3ccc(F)cc3c1=O)C(=O)N2CCc1ccc(OC)c(OC)c1. The quantitative estimate of drug-likeness (QED) is 0.338. The Hall–Kier alpha value is -4.66. The Kier molecular flexibility index (Phi) is 6.09. The molecule has 2 amide bonds. The predicted molar refractivity (Wildman–Crippen MR) is 147 cm³/mol. The lowest BCUT2D eigenvalue weighted by atomic mass is 9.83. The zero-order valence-corrected chi connectivity index (χ0v) is 22.3. The van der Waals surface area contributed by atoms with E-state index in [1.54, 1.807) is 37.3 Å². The van der Waals surface area contributed by atoms with Crippen LogP contribution in [0, 0.1) is 5.82 Å². The number of anilines is 1. The van der Waals surface area contributed by atoms with Gasteiger partial charge in [0.25, 0.3) is 11.8 Å². The summed E-state index contributed by atoms with van der Waals surface area (Å²) >= 11 is 0. The zero-order chi connectivity index (χ0) is 28.2. The van der Waals surface area contributed by atoms with Crippen molar-refractivity contribution in [3.8, 4) is 11.5 Å². The van der Waals surface area contributed by atoms with Gasteiger partial charge in [-0.15, -0.1) is 0 Å². The number of carbonyl (C=O) groups is 2. The number of hydrogen-bond donors (Lipinski definition) is 0. The lowest BCUT2D eigenvalue weighted by molar-refractivity contribution is -0.126. The molecular formula is C31H27FN2O6. The first kappa shape index (κ1) is 25.6. The summed E-state index contributed by atoms with van der Waals surface area (Å²) in [5, 5.41) is -0.0214. The average Bonchev–Trinajstić information content (AvgIpc) is 3.36. The third-order valence-corrected chi connectivity index (χ3v) is 7.72. The average molecular weight is 543 g/mol. The van der Waals surface area contributed by atoms with Crippen molar-refractivity contribution < 1.29 is 27.9 Å². The monoisotopic (exact) mass is 542 g/mol. The van der Waals surface area contributed by atoms with E-state index in [1.807, 2.05) is 31.2 Å². The summed E-state index contributed by atoms with van der Waals surface area (Å²) in [4.78, 5) is 45.7. The van der Waals surface area contributed by atoms with Crippen LogP contribution in [0.4, 0.5) is 10.1 Å². The first-order valence-electron chi connectivity index (χ1n) is 13.1. The second-order valence-corrected chi connectivity index (χ2v) is 9.86. The number of hydrogen-bond acceptors (Lipinski definition) is 6. The van der Waals surface area contributed by atoms with Gasteiger partial charge in [0.15, 0.2) is 22.5 Å². The molecule has 3 heterocycles. The summed E-state index contributed by atoms with van der Waals surface area (Å²) < 4.78 is 31.0. The fourth-order valence-electron chi connectivity index (χ4n) is 5.99. The molecule has 1 atom stereocenters. The maximum absolute atomic E-state index is 14.5. The number of methoxy groups -OCH3 is 2. The molecule has 0 bridgehead atoms. The number of benzene rings is 3. The van der Waals surface area contributed by atoms with E-state index < -0.39 is 28.6 Å². The molecule has 1 spiro atoms. The Labute approximate surface area is 229 Å². The summed E-state index contributed by atoms with van der Waals surface area (Å²) in [5.41, 5.74) is -0.332. The molecule has 0 saturated carbocycles. The standard InChI is InChI=1S/C31H27FN2O6/c1-4-14-33-22-8-6-5-7-21(22)31(30(33)37)26-27(35)20-17-19(32)10-12-23(20)40-28(26)29(36)34(31)15-13-18-9-11-24(38-2)25(16-18)39-3/h5-12,16-17H,4,13-15H2,1-3H3. The Morgan fingerprint density at radius 3 is 2.45 bits per heavy atom. The highest BCUT2D eigenvalue weighted by Crippen LogP contribution is 2.52. The van der Waals surface area contributed by atoms with Crippen molar-refractivity contribution >= 4 is 28.5 Å². The molecular weight excluding hydrogens is 515 g/mol. The van der Waals surface area contributed by atoms with Gasteiger partial charge in [0, 0.05) is 18.7 Å². The predicted octanol–water partition coefficient (Wildman–Crippen LogP) is 4.65. The first-order valence-corrected chi connectivity index (χ1v) is 13.1. The molecule has 1 unspecified atom stereocenters. The van der Waals surface area contributed by atoms with Crippen LogP contribution in [0.1, 0.15) is 40.6 Å². The van der Waals surface area contributed by atoms with Crippen molar-refractivity contribution in [2.45, 2.75) is 25.3 Å². The Bertz CT molecular complexity index is 1750. The van der Waals surface area contributed by atoms with E-state index in [4.69, 9.17) is 13.9 Å². The van der Waals surface area contributed by atoms with Crippen LogP contribution in [-0.2, 0) is 16.8 Å². The van der Waals surface area contributed by atoms with Gasteiger partial charge in [-0.25, -0.2) is 4.39 Å². The molecule has 2 aliphatic rings. The third kappa shape index (κ3) is 3.46. The number of halogens is 1. The van der Waals surface area contributed by atoms with Crippen molar-refractivity contribution in [2.75, 3.05) is 32.2 Å². The number of carbonyl (C=O) groups excluding carboxylic acids is 2. The molecule has 0 N–H and O–H groups in total. The summed E-state index contributed by atoms with van der Waals surface area (Å²) in [5.74, 6) is -0.686. The maximum atomic E-state index is 14.5. The van der Waals surface area contributed by atoms with Crippen molar-refractivity contribution in [2.24, 2.45) is 0 Å². The fraction of sp³-hybridized carbons (Fsp3) is 0.258. The molecule has 0 saturated heterocycles. The zero-order valence-electron chi connectivity index (χ0n) is 22.3. The second-order valence-electron chi connectivity index (χ2n) is 9.86. The van der Waals surface area contributed by atoms with Gasteiger partial charge < -0.3 is 23.7 Å². The van der Waals surface area contributed by atoms with Gasteiger partial charge >= 0.3 is 0 Å². The van der Waals surface area contributed by atoms with Gasteiger partial charge in [0.1, 0.15) is 11.4 Å². The van der Waals surface area contributed by atoms with E-state index in [0.29, 0.717) is 42.1 Å². The molecule has 1 aromatic heterocycles. The van der Waals surface area contributed by atoms with Crippen LogP contribution in [0.5, 0.6) is 11.5 Å². The molecule has 40 heavy (non-hydrogen) atoms. The smallest absolute Gasteiger partial charge is 0.291 e. The number of para-hydroxylation sites is 1. The second kappa shape index (κ2) is 9.51. The van der Waals surface area contributed by atoms with Crippen LogP contribution in [0.3, 0.4) is 0 Å². The summed E-state index contributed by atoms with van der Waals surface area (Å²) in [6, 6.07) is 16.2. The van der Waals surface area contributed by atoms with Gasteiger partial charge in [-0.1, -0.05) is 31.2 Å². The highest BCUT2D eigenvalue weighted by atomic mass is 19.1. The molecule has 9 heteroatoms. The van der Waals surface area contributed by atoms with Gasteiger partial charge in [-0.3, -0.25) is 14.4 Å². The van der Waals surface area contributed by atoms with E-state index in [2.05, 4.69) is 0 Å². The lowest BCUT2D eigenvalue weighted by Crippen LogP contribution is -2.54. The van der Waals surface area contributed by atoms with Crippen LogP contribution >= 0.6 is 0 Å². The van der Waals surface area contributed by atoms with Crippen LogP contribution < -0.4 is 19.8 Å². The number of rotatable bonds is 7. The van der Waals surface area contributed by atoms with Crippen LogP contribution in [0.15, 0.2) is 69.9 Å². The Morgan fingerprint density at radius 2 is 1.70 bits per heavy atom. The van der Waals surface area contributed by atoms with E-state index >= 15 is 0 Å². The van der Waals surface area contributed by atoms with Crippen LogP contribution in [0.2, 0.25) is 0 Å². The van der Waals surface area contributed by atoms with E-state index in [1.165, 1.54) is 17.0 Å². The number of fused-ring (bicyclic) bond motifs is 5. The van der Waals surface area contributed by atoms with Gasteiger partial charge in [-0.05, 0) is 54.8 Å². The maximum Gasteiger partial charge on any atom is 0.291 e. The largest absolute Gasteiger partial charge is 0.493 e. The van der Waals surface area contributed by atoms with E-state index in [-0.39, 0.29) is 28.8 Å². The molecule has 6 rings (SSSR count). The van der Waals surface area contributed by atoms with Gasteiger partial charge in [0.2, 0.25) is 5.76 Å². The van der Waals surface area contributed by atoms with Crippen LogP contribution in [-0.4, -0.2) is 44.0 Å². The highest BCUT2D eigenvalue weighted by Gasteiger charge is 2.64. The summed E-state index contributed by atoms with van der Waals surface area (Å²) in [7, 11) is 3.09. The number of ether oxygens (including phenoxy) is 2. The third-order valence-electron chi connectivity index (χ3n) is 7.72. The lowest BCUT2D eigenvalue weighted by Gasteiger charge is -2.34. The molecule has 0 fully saturated rings. The molecule has 0 radical (unpaired) electrons. The molecule has 4 aromatic rings. The van der Waals surface area contributed by atoms with E-state index in [9.17, 15) is 18.8 Å². The molecule has 3 aromatic carbocycles. The molecule has 8 nitrogen and oxygen atoms in total. The minimum absolute atomic E-state index is 0.0214. The highest BCUT2D eigenvalue weighted by molar-refractivity contribution is 6.17. The van der Waals surface area contributed by atoms with Gasteiger partial charge in [-0.2, -0.15) is 0 Å².